The lowest BCUT2D eigenvalue weighted by Crippen LogP contribution is -1.96. The van der Waals surface area contributed by atoms with Crippen LogP contribution in [0.15, 0.2) is 36.5 Å². The Bertz CT molecular complexity index is 514. The average Bonchev–Trinajstić information content (AvgIpc) is 2.22. The highest BCUT2D eigenvalue weighted by molar-refractivity contribution is 6.33. The maximum absolute atomic E-state index is 5.98. The van der Waals surface area contributed by atoms with E-state index in [1.165, 1.54) is 0 Å². The topological polar surface area (TPSA) is 50.9 Å². The lowest BCUT2D eigenvalue weighted by Gasteiger charge is -2.07. The number of rotatable bonds is 2. The zero-order chi connectivity index (χ0) is 11.5. The van der Waals surface area contributed by atoms with Crippen molar-refractivity contribution in [2.75, 3.05) is 11.1 Å². The first-order chi connectivity index (χ1) is 7.65. The number of hydrogen-bond donors (Lipinski definition) is 2. The van der Waals surface area contributed by atoms with Crippen LogP contribution in [0.4, 0.5) is 17.2 Å². The molecule has 0 aliphatic rings. The monoisotopic (exact) mass is 253 g/mol. The normalized spacial score (nSPS) is 10.1. The van der Waals surface area contributed by atoms with E-state index in [9.17, 15) is 0 Å². The van der Waals surface area contributed by atoms with Crippen LogP contribution in [0.5, 0.6) is 0 Å². The Kier molecular flexibility index (Phi) is 3.17. The fourth-order valence-electron chi connectivity index (χ4n) is 1.25. The first-order valence-corrected chi connectivity index (χ1v) is 5.34. The molecule has 0 aliphatic carbocycles. The lowest BCUT2D eigenvalue weighted by molar-refractivity contribution is 1.31. The van der Waals surface area contributed by atoms with Gasteiger partial charge in [-0.3, -0.25) is 0 Å². The van der Waals surface area contributed by atoms with Gasteiger partial charge in [0.05, 0.1) is 16.9 Å². The van der Waals surface area contributed by atoms with Crippen molar-refractivity contribution >= 4 is 40.4 Å². The van der Waals surface area contributed by atoms with Crippen molar-refractivity contribution in [1.29, 1.82) is 0 Å². The molecule has 0 unspecified atom stereocenters. The number of halogens is 2. The Hall–Kier alpha value is -1.45. The van der Waals surface area contributed by atoms with Crippen LogP contribution in [0.2, 0.25) is 10.0 Å². The number of pyridine rings is 1. The van der Waals surface area contributed by atoms with Crippen molar-refractivity contribution in [3.05, 3.63) is 46.6 Å². The van der Waals surface area contributed by atoms with Crippen molar-refractivity contribution in [2.45, 2.75) is 0 Å². The molecule has 2 aromatic rings. The standard InChI is InChI=1S/C11H9Cl2N3/c12-7-2-1-3-9(4-7)16-11-10(13)5-8(14)6-15-11/h1-6H,14H2,(H,15,16). The number of anilines is 3. The van der Waals surface area contributed by atoms with Gasteiger partial charge in [-0.05, 0) is 24.3 Å². The summed E-state index contributed by atoms with van der Waals surface area (Å²) in [5, 5.41) is 4.18. The van der Waals surface area contributed by atoms with Crippen molar-refractivity contribution in [3.63, 3.8) is 0 Å². The van der Waals surface area contributed by atoms with E-state index in [-0.39, 0.29) is 0 Å². The van der Waals surface area contributed by atoms with E-state index in [4.69, 9.17) is 28.9 Å². The molecule has 5 heteroatoms. The molecule has 1 aromatic heterocycles. The Morgan fingerprint density at radius 2 is 2.00 bits per heavy atom. The number of benzene rings is 1. The van der Waals surface area contributed by atoms with E-state index in [0.29, 0.717) is 21.6 Å². The third kappa shape index (κ3) is 2.56. The molecule has 82 valence electrons. The van der Waals surface area contributed by atoms with E-state index in [1.807, 2.05) is 12.1 Å². The largest absolute Gasteiger partial charge is 0.397 e. The summed E-state index contributed by atoms with van der Waals surface area (Å²) < 4.78 is 0. The van der Waals surface area contributed by atoms with Gasteiger partial charge in [0.15, 0.2) is 0 Å². The molecule has 0 bridgehead atoms. The molecule has 0 aliphatic heterocycles. The van der Waals surface area contributed by atoms with E-state index in [2.05, 4.69) is 10.3 Å². The summed E-state index contributed by atoms with van der Waals surface area (Å²) in [5.41, 5.74) is 6.90. The molecule has 2 rings (SSSR count). The van der Waals surface area contributed by atoms with Crippen molar-refractivity contribution < 1.29 is 0 Å². The second-order valence-electron chi connectivity index (χ2n) is 3.23. The molecule has 16 heavy (non-hydrogen) atoms. The van der Waals surface area contributed by atoms with Crippen LogP contribution in [0, 0.1) is 0 Å². The Morgan fingerprint density at radius 1 is 1.19 bits per heavy atom. The molecule has 3 N–H and O–H groups in total. The van der Waals surface area contributed by atoms with Gasteiger partial charge in [0, 0.05) is 10.7 Å². The van der Waals surface area contributed by atoms with E-state index < -0.39 is 0 Å². The smallest absolute Gasteiger partial charge is 0.149 e. The molecular weight excluding hydrogens is 245 g/mol. The highest BCUT2D eigenvalue weighted by atomic mass is 35.5. The second-order valence-corrected chi connectivity index (χ2v) is 4.08. The highest BCUT2D eigenvalue weighted by Crippen LogP contribution is 2.25. The SMILES string of the molecule is Nc1cnc(Nc2cccc(Cl)c2)c(Cl)c1. The van der Waals surface area contributed by atoms with Crippen LogP contribution < -0.4 is 11.1 Å². The zero-order valence-electron chi connectivity index (χ0n) is 8.24. The molecule has 0 spiro atoms. The fourth-order valence-corrected chi connectivity index (χ4v) is 1.66. The maximum atomic E-state index is 5.98. The number of nitrogens with zero attached hydrogens (tertiary/aromatic N) is 1. The quantitative estimate of drug-likeness (QED) is 0.858. The van der Waals surface area contributed by atoms with Gasteiger partial charge < -0.3 is 11.1 Å². The van der Waals surface area contributed by atoms with Gasteiger partial charge >= 0.3 is 0 Å². The maximum Gasteiger partial charge on any atom is 0.149 e. The average molecular weight is 254 g/mol. The number of nitrogens with two attached hydrogens (primary N) is 1. The molecule has 1 aromatic carbocycles. The summed E-state index contributed by atoms with van der Waals surface area (Å²) in [4.78, 5) is 4.09. The third-order valence-corrected chi connectivity index (χ3v) is 2.47. The summed E-state index contributed by atoms with van der Waals surface area (Å²) in [6.07, 6.45) is 1.54. The van der Waals surface area contributed by atoms with Gasteiger partial charge in [0.1, 0.15) is 5.82 Å². The molecular formula is C11H9Cl2N3. The molecule has 1 heterocycles. The van der Waals surface area contributed by atoms with Crippen LogP contribution >= 0.6 is 23.2 Å². The molecule has 3 nitrogen and oxygen atoms in total. The predicted octanol–water partition coefficient (Wildman–Crippen LogP) is 3.71. The number of nitrogen functional groups attached to an aromatic ring is 1. The van der Waals surface area contributed by atoms with Crippen LogP contribution in [-0.4, -0.2) is 4.98 Å². The molecule has 0 fully saturated rings. The summed E-state index contributed by atoms with van der Waals surface area (Å²) in [7, 11) is 0. The summed E-state index contributed by atoms with van der Waals surface area (Å²) in [6.45, 7) is 0. The van der Waals surface area contributed by atoms with Gasteiger partial charge in [0.25, 0.3) is 0 Å². The number of nitrogens with one attached hydrogen (secondary N) is 1. The second kappa shape index (κ2) is 4.60. The summed E-state index contributed by atoms with van der Waals surface area (Å²) in [5.74, 6) is 0.554. The first-order valence-electron chi connectivity index (χ1n) is 4.59. The summed E-state index contributed by atoms with van der Waals surface area (Å²) >= 11 is 11.8. The van der Waals surface area contributed by atoms with Crippen LogP contribution in [0.25, 0.3) is 0 Å². The zero-order valence-corrected chi connectivity index (χ0v) is 9.76. The van der Waals surface area contributed by atoms with Gasteiger partial charge in [-0.15, -0.1) is 0 Å². The minimum atomic E-state index is 0.472. The number of hydrogen-bond acceptors (Lipinski definition) is 3. The molecule has 0 radical (unpaired) electrons. The predicted molar refractivity (Wildman–Crippen MR) is 68.4 cm³/mol. The first kappa shape index (κ1) is 11.0. The van der Waals surface area contributed by atoms with E-state index >= 15 is 0 Å². The summed E-state index contributed by atoms with van der Waals surface area (Å²) in [6, 6.07) is 8.94. The molecule has 0 saturated carbocycles. The van der Waals surface area contributed by atoms with Crippen molar-refractivity contribution in [1.82, 2.24) is 4.98 Å². The molecule has 0 amide bonds. The Labute approximate surface area is 103 Å². The molecule has 0 atom stereocenters. The minimum absolute atomic E-state index is 0.472. The van der Waals surface area contributed by atoms with Crippen molar-refractivity contribution in [3.8, 4) is 0 Å². The van der Waals surface area contributed by atoms with Crippen molar-refractivity contribution in [2.24, 2.45) is 0 Å². The van der Waals surface area contributed by atoms with Crippen LogP contribution in [0.3, 0.4) is 0 Å². The van der Waals surface area contributed by atoms with Gasteiger partial charge in [0.2, 0.25) is 0 Å². The molecule has 0 saturated heterocycles. The van der Waals surface area contributed by atoms with Gasteiger partial charge in [-0.2, -0.15) is 0 Å². The van der Waals surface area contributed by atoms with Gasteiger partial charge in [-0.25, -0.2) is 4.98 Å². The van der Waals surface area contributed by atoms with Crippen LogP contribution in [0.1, 0.15) is 0 Å². The van der Waals surface area contributed by atoms with Gasteiger partial charge in [-0.1, -0.05) is 29.3 Å². The lowest BCUT2D eigenvalue weighted by atomic mass is 10.3. The highest BCUT2D eigenvalue weighted by Gasteiger charge is 2.02. The fraction of sp³-hybridized carbons (Fsp3) is 0. The Morgan fingerprint density at radius 3 is 2.69 bits per heavy atom. The van der Waals surface area contributed by atoms with Crippen LogP contribution in [-0.2, 0) is 0 Å². The Balaban J connectivity index is 2.27. The van der Waals surface area contributed by atoms with E-state index in [1.54, 1.807) is 24.4 Å². The number of aromatic nitrogens is 1. The minimum Gasteiger partial charge on any atom is -0.397 e. The van der Waals surface area contributed by atoms with E-state index in [0.717, 1.165) is 5.69 Å². The third-order valence-electron chi connectivity index (χ3n) is 1.95.